The first kappa shape index (κ1) is 14.7. The minimum atomic E-state index is -0.800. The fourth-order valence-electron chi connectivity index (χ4n) is 2.08. The smallest absolute Gasteiger partial charge is 0.332 e. The van der Waals surface area contributed by atoms with Crippen LogP contribution in [0.5, 0.6) is 0 Å². The molecular formula is C12H15N5O4. The van der Waals surface area contributed by atoms with Crippen molar-refractivity contribution in [2.75, 3.05) is 0 Å². The Balaban J connectivity index is 2.88. The van der Waals surface area contributed by atoms with Gasteiger partial charge in [-0.25, -0.2) is 9.78 Å². The van der Waals surface area contributed by atoms with Crippen molar-refractivity contribution in [3.63, 3.8) is 0 Å². The summed E-state index contributed by atoms with van der Waals surface area (Å²) in [5.74, 6) is -0.969. The fourth-order valence-corrected chi connectivity index (χ4v) is 2.08. The van der Waals surface area contributed by atoms with Gasteiger partial charge in [-0.1, -0.05) is 0 Å². The van der Waals surface area contributed by atoms with Crippen LogP contribution in [0.3, 0.4) is 0 Å². The molecule has 1 amide bonds. The third kappa shape index (κ3) is 2.26. The molecule has 9 heteroatoms. The molecule has 112 valence electrons. The zero-order valence-electron chi connectivity index (χ0n) is 11.9. The molecule has 9 nitrogen and oxygen atoms in total. The Morgan fingerprint density at radius 1 is 1.38 bits per heavy atom. The zero-order valence-corrected chi connectivity index (χ0v) is 11.9. The van der Waals surface area contributed by atoms with E-state index in [0.717, 1.165) is 9.13 Å². The Bertz CT molecular complexity index is 857. The van der Waals surface area contributed by atoms with Crippen molar-refractivity contribution in [1.82, 2.24) is 18.7 Å². The molecule has 2 rings (SSSR count). The number of hydrogen-bond donors (Lipinski definition) is 1. The number of nitrogens with zero attached hydrogens (tertiary/aromatic N) is 4. The van der Waals surface area contributed by atoms with E-state index in [0.29, 0.717) is 0 Å². The lowest BCUT2D eigenvalue weighted by atomic mass is 10.3. The van der Waals surface area contributed by atoms with E-state index >= 15 is 0 Å². The summed E-state index contributed by atoms with van der Waals surface area (Å²) < 4.78 is 3.27. The Hall–Kier alpha value is -2.71. The van der Waals surface area contributed by atoms with Crippen molar-refractivity contribution in [2.24, 2.45) is 12.8 Å². The van der Waals surface area contributed by atoms with E-state index in [1.54, 1.807) is 0 Å². The van der Waals surface area contributed by atoms with E-state index in [1.807, 2.05) is 0 Å². The van der Waals surface area contributed by atoms with Crippen molar-refractivity contribution in [1.29, 1.82) is 0 Å². The number of hydrogen-bond acceptors (Lipinski definition) is 5. The lowest BCUT2D eigenvalue weighted by molar-refractivity contribution is -0.120. The van der Waals surface area contributed by atoms with Gasteiger partial charge in [0.2, 0.25) is 5.91 Å². The highest BCUT2D eigenvalue weighted by Gasteiger charge is 2.21. The first-order valence-corrected chi connectivity index (χ1v) is 6.20. The number of Topliss-reactive ketones (excluding diaryl/α,β-unsaturated/α-hetero) is 1. The molecule has 2 aromatic heterocycles. The standard InChI is InChI=1S/C12H15N5O4/c1-6(18)4-16-11(20)8-10(15(3)12(16)21)14-5-17(8)7(2)9(13)19/h5,7H,4H2,1-3H3,(H2,13,19)/t7-/m0/s1. The molecule has 0 aliphatic rings. The first-order chi connectivity index (χ1) is 9.75. The summed E-state index contributed by atoms with van der Waals surface area (Å²) in [6, 6.07) is -0.800. The topological polar surface area (TPSA) is 122 Å². The van der Waals surface area contributed by atoms with Crippen molar-refractivity contribution in [2.45, 2.75) is 26.4 Å². The predicted molar refractivity (Wildman–Crippen MR) is 73.8 cm³/mol. The van der Waals surface area contributed by atoms with Crippen LogP contribution in [0, 0.1) is 0 Å². The number of carbonyl (C=O) groups excluding carboxylic acids is 2. The van der Waals surface area contributed by atoms with Gasteiger partial charge < -0.3 is 10.3 Å². The number of imidazole rings is 1. The second-order valence-electron chi connectivity index (χ2n) is 4.84. The maximum absolute atomic E-state index is 12.4. The lowest BCUT2D eigenvalue weighted by Gasteiger charge is -2.11. The Morgan fingerprint density at radius 3 is 2.52 bits per heavy atom. The van der Waals surface area contributed by atoms with Crippen LogP contribution in [0.15, 0.2) is 15.9 Å². The normalized spacial score (nSPS) is 12.5. The van der Waals surface area contributed by atoms with Gasteiger partial charge in [0.1, 0.15) is 11.8 Å². The number of ketones is 1. The van der Waals surface area contributed by atoms with Crippen molar-refractivity contribution in [3.05, 3.63) is 27.2 Å². The van der Waals surface area contributed by atoms with E-state index in [2.05, 4.69) is 4.98 Å². The number of rotatable bonds is 4. The number of primary amides is 1. The maximum atomic E-state index is 12.4. The first-order valence-electron chi connectivity index (χ1n) is 6.20. The van der Waals surface area contributed by atoms with Gasteiger partial charge in [-0.15, -0.1) is 0 Å². The van der Waals surface area contributed by atoms with Gasteiger partial charge in [0.25, 0.3) is 5.56 Å². The van der Waals surface area contributed by atoms with E-state index in [4.69, 9.17) is 5.73 Å². The summed E-state index contributed by atoms with van der Waals surface area (Å²) in [6.07, 6.45) is 1.28. The number of fused-ring (bicyclic) bond motifs is 1. The molecule has 0 aromatic carbocycles. The number of amides is 1. The highest BCUT2D eigenvalue weighted by molar-refractivity contribution is 5.81. The van der Waals surface area contributed by atoms with Crippen molar-refractivity contribution >= 4 is 22.9 Å². The maximum Gasteiger partial charge on any atom is 0.332 e. The summed E-state index contributed by atoms with van der Waals surface area (Å²) in [5, 5.41) is 0. The zero-order chi connectivity index (χ0) is 15.9. The van der Waals surface area contributed by atoms with Crippen LogP contribution in [0.1, 0.15) is 19.9 Å². The largest absolute Gasteiger partial charge is 0.368 e. The minimum absolute atomic E-state index is 0.0599. The molecule has 2 N–H and O–H groups in total. The quantitative estimate of drug-likeness (QED) is 0.737. The molecule has 0 fully saturated rings. The number of aromatic nitrogens is 4. The Labute approximate surface area is 118 Å². The lowest BCUT2D eigenvalue weighted by Crippen LogP contribution is -2.41. The molecule has 2 heterocycles. The average molecular weight is 293 g/mol. The van der Waals surface area contributed by atoms with Crippen LogP contribution >= 0.6 is 0 Å². The van der Waals surface area contributed by atoms with Crippen molar-refractivity contribution in [3.8, 4) is 0 Å². The molecule has 0 aliphatic heterocycles. The third-order valence-electron chi connectivity index (χ3n) is 3.27. The van der Waals surface area contributed by atoms with Gasteiger partial charge in [-0.2, -0.15) is 0 Å². The SMILES string of the molecule is CC(=O)Cn1c(=O)c2c(ncn2[C@@H](C)C(N)=O)n(C)c1=O. The number of aryl methyl sites for hydroxylation is 1. The summed E-state index contributed by atoms with van der Waals surface area (Å²) >= 11 is 0. The molecule has 0 saturated carbocycles. The molecule has 0 bridgehead atoms. The van der Waals surface area contributed by atoms with Gasteiger partial charge in [0.15, 0.2) is 11.2 Å². The summed E-state index contributed by atoms with van der Waals surface area (Å²) in [7, 11) is 1.44. The molecule has 0 spiro atoms. The van der Waals surface area contributed by atoms with Gasteiger partial charge in [-0.3, -0.25) is 23.5 Å². The van der Waals surface area contributed by atoms with Crippen LogP contribution in [-0.4, -0.2) is 30.4 Å². The molecule has 1 atom stereocenters. The Kier molecular flexibility index (Phi) is 3.50. The van der Waals surface area contributed by atoms with Gasteiger partial charge in [-0.05, 0) is 13.8 Å². The van der Waals surface area contributed by atoms with Crippen LogP contribution in [0.25, 0.3) is 11.2 Å². The summed E-state index contributed by atoms with van der Waals surface area (Å²) in [4.78, 5) is 51.0. The monoisotopic (exact) mass is 293 g/mol. The van der Waals surface area contributed by atoms with E-state index in [1.165, 1.54) is 31.8 Å². The number of nitrogens with two attached hydrogens (primary N) is 1. The van der Waals surface area contributed by atoms with Gasteiger partial charge >= 0.3 is 5.69 Å². The third-order valence-corrected chi connectivity index (χ3v) is 3.27. The van der Waals surface area contributed by atoms with Crippen molar-refractivity contribution < 1.29 is 9.59 Å². The van der Waals surface area contributed by atoms with E-state index in [9.17, 15) is 19.2 Å². The highest BCUT2D eigenvalue weighted by Crippen LogP contribution is 2.12. The van der Waals surface area contributed by atoms with E-state index in [-0.39, 0.29) is 23.5 Å². The fraction of sp³-hybridized carbons (Fsp3) is 0.417. The van der Waals surface area contributed by atoms with Crippen LogP contribution in [-0.2, 0) is 23.2 Å². The predicted octanol–water partition coefficient (Wildman–Crippen LogP) is -1.47. The van der Waals surface area contributed by atoms with Gasteiger partial charge in [0, 0.05) is 7.05 Å². The summed E-state index contributed by atoms with van der Waals surface area (Å²) in [6.45, 7) is 2.46. The van der Waals surface area contributed by atoms with Crippen LogP contribution < -0.4 is 17.0 Å². The Morgan fingerprint density at radius 2 is 2.00 bits per heavy atom. The minimum Gasteiger partial charge on any atom is -0.368 e. The van der Waals surface area contributed by atoms with Crippen LogP contribution in [0.4, 0.5) is 0 Å². The molecule has 2 aromatic rings. The van der Waals surface area contributed by atoms with E-state index < -0.39 is 23.2 Å². The molecule has 21 heavy (non-hydrogen) atoms. The molecule has 0 saturated heterocycles. The average Bonchev–Trinajstić information content (AvgIpc) is 2.84. The molecule has 0 aliphatic carbocycles. The second kappa shape index (κ2) is 5.00. The molecular weight excluding hydrogens is 278 g/mol. The van der Waals surface area contributed by atoms with Gasteiger partial charge in [0.05, 0.1) is 12.9 Å². The second-order valence-corrected chi connectivity index (χ2v) is 4.84. The molecule has 0 unspecified atom stereocenters. The highest BCUT2D eigenvalue weighted by atomic mass is 16.2. The number of carbonyl (C=O) groups is 2. The molecule has 0 radical (unpaired) electrons. The van der Waals surface area contributed by atoms with Crippen LogP contribution in [0.2, 0.25) is 0 Å². The summed E-state index contributed by atoms with van der Waals surface area (Å²) in [5.41, 5.74) is 4.12.